The molecular formula is C23H29N3O3S2. The van der Waals surface area contributed by atoms with Crippen LogP contribution in [0.15, 0.2) is 35.2 Å². The fraction of sp³-hybridized carbons (Fsp3) is 0.435. The highest BCUT2D eigenvalue weighted by Crippen LogP contribution is 2.40. The minimum Gasteiger partial charge on any atom is -0.326 e. The molecule has 0 spiro atoms. The Labute approximate surface area is 191 Å². The van der Waals surface area contributed by atoms with Crippen LogP contribution >= 0.6 is 23.1 Å². The number of thiophene rings is 1. The molecule has 1 atom stereocenters. The summed E-state index contributed by atoms with van der Waals surface area (Å²) in [7, 11) is 0. The number of thioether (sulfide) groups is 1. The molecule has 1 aliphatic carbocycles. The maximum atomic E-state index is 12.5. The van der Waals surface area contributed by atoms with E-state index in [1.165, 1.54) is 40.5 Å². The van der Waals surface area contributed by atoms with E-state index >= 15 is 0 Å². The van der Waals surface area contributed by atoms with Crippen molar-refractivity contribution < 1.29 is 14.4 Å². The molecule has 3 rings (SSSR count). The van der Waals surface area contributed by atoms with Gasteiger partial charge in [-0.25, -0.2) is 0 Å². The van der Waals surface area contributed by atoms with Gasteiger partial charge in [-0.2, -0.15) is 0 Å². The zero-order chi connectivity index (χ0) is 22.6. The molecular weight excluding hydrogens is 430 g/mol. The molecule has 0 aliphatic heterocycles. The zero-order valence-electron chi connectivity index (χ0n) is 18.3. The summed E-state index contributed by atoms with van der Waals surface area (Å²) in [5.74, 6) is 0.113. The SMILES string of the molecule is CC(=O)Nc1ccc(SCC(=O)NNC(=O)c2cc3c(s2)CCC(C(C)(C)C)C3)cc1. The van der Waals surface area contributed by atoms with Gasteiger partial charge in [-0.05, 0) is 66.5 Å². The molecule has 0 bridgehead atoms. The normalized spacial score (nSPS) is 15.7. The van der Waals surface area contributed by atoms with Gasteiger partial charge in [0.2, 0.25) is 11.8 Å². The van der Waals surface area contributed by atoms with Gasteiger partial charge < -0.3 is 5.32 Å². The van der Waals surface area contributed by atoms with Crippen LogP contribution in [0.1, 0.15) is 54.2 Å². The lowest BCUT2D eigenvalue weighted by Gasteiger charge is -2.33. The Morgan fingerprint density at radius 2 is 1.84 bits per heavy atom. The number of carbonyl (C=O) groups is 3. The summed E-state index contributed by atoms with van der Waals surface area (Å²) in [5, 5.41) is 2.70. The van der Waals surface area contributed by atoms with Crippen molar-refractivity contribution in [1.29, 1.82) is 0 Å². The minimum atomic E-state index is -0.279. The number of carbonyl (C=O) groups excluding carboxylic acids is 3. The summed E-state index contributed by atoms with van der Waals surface area (Å²) in [6.07, 6.45) is 3.17. The lowest BCUT2D eigenvalue weighted by atomic mass is 9.72. The largest absolute Gasteiger partial charge is 0.326 e. The van der Waals surface area contributed by atoms with Gasteiger partial charge in [0.1, 0.15) is 0 Å². The minimum absolute atomic E-state index is 0.129. The van der Waals surface area contributed by atoms with E-state index in [1.807, 2.05) is 18.2 Å². The second-order valence-corrected chi connectivity index (χ2v) is 11.0. The maximum absolute atomic E-state index is 12.5. The van der Waals surface area contributed by atoms with Crippen molar-refractivity contribution in [1.82, 2.24) is 10.9 Å². The van der Waals surface area contributed by atoms with Crippen molar-refractivity contribution in [2.24, 2.45) is 11.3 Å². The second kappa shape index (κ2) is 9.87. The smallest absolute Gasteiger partial charge is 0.279 e. The molecule has 3 N–H and O–H groups in total. The van der Waals surface area contributed by atoms with E-state index < -0.39 is 0 Å². The lowest BCUT2D eigenvalue weighted by Crippen LogP contribution is -2.42. The van der Waals surface area contributed by atoms with Crippen LogP contribution < -0.4 is 16.2 Å². The Bertz CT molecular complexity index is 961. The molecule has 1 aromatic carbocycles. The zero-order valence-corrected chi connectivity index (χ0v) is 20.0. The fourth-order valence-electron chi connectivity index (χ4n) is 3.59. The highest BCUT2D eigenvalue weighted by atomic mass is 32.2. The lowest BCUT2D eigenvalue weighted by molar-refractivity contribution is -0.119. The number of hydrazine groups is 1. The molecule has 0 saturated heterocycles. The molecule has 166 valence electrons. The predicted molar refractivity (Wildman–Crippen MR) is 126 cm³/mol. The van der Waals surface area contributed by atoms with Crippen molar-refractivity contribution in [3.05, 3.63) is 45.6 Å². The van der Waals surface area contributed by atoms with E-state index in [2.05, 4.69) is 36.9 Å². The van der Waals surface area contributed by atoms with Crippen LogP contribution in [0.2, 0.25) is 0 Å². The van der Waals surface area contributed by atoms with E-state index in [4.69, 9.17) is 0 Å². The van der Waals surface area contributed by atoms with Crippen molar-refractivity contribution in [2.75, 3.05) is 11.1 Å². The summed E-state index contributed by atoms with van der Waals surface area (Å²) >= 11 is 2.88. The van der Waals surface area contributed by atoms with Gasteiger partial charge in [0.25, 0.3) is 5.91 Å². The first-order valence-electron chi connectivity index (χ1n) is 10.3. The molecule has 1 aromatic heterocycles. The number of anilines is 1. The quantitative estimate of drug-likeness (QED) is 0.457. The van der Waals surface area contributed by atoms with Crippen LogP contribution in [-0.4, -0.2) is 23.5 Å². The molecule has 0 fully saturated rings. The molecule has 3 amide bonds. The Balaban J connectivity index is 1.46. The number of amides is 3. The first-order valence-corrected chi connectivity index (χ1v) is 12.1. The molecule has 31 heavy (non-hydrogen) atoms. The fourth-order valence-corrected chi connectivity index (χ4v) is 5.39. The standard InChI is InChI=1S/C23H29N3O3S2/c1-14(27)24-17-6-8-18(9-7-17)30-13-21(28)25-26-22(29)20-12-15-11-16(23(2,3)4)5-10-19(15)31-20/h6-9,12,16H,5,10-11,13H2,1-4H3,(H,24,27)(H,25,28)(H,26,29). The van der Waals surface area contributed by atoms with Gasteiger partial charge in [-0.1, -0.05) is 20.8 Å². The third-order valence-corrected chi connectivity index (χ3v) is 7.64. The first kappa shape index (κ1) is 23.3. The summed E-state index contributed by atoms with van der Waals surface area (Å²) in [4.78, 5) is 38.5. The summed E-state index contributed by atoms with van der Waals surface area (Å²) in [6, 6.07) is 9.22. The van der Waals surface area contributed by atoms with Gasteiger partial charge >= 0.3 is 0 Å². The van der Waals surface area contributed by atoms with Gasteiger partial charge in [0.15, 0.2) is 0 Å². The molecule has 6 nitrogen and oxygen atoms in total. The Kier molecular flexibility index (Phi) is 7.43. The highest BCUT2D eigenvalue weighted by molar-refractivity contribution is 8.00. The average molecular weight is 460 g/mol. The summed E-state index contributed by atoms with van der Waals surface area (Å²) in [6.45, 7) is 8.27. The van der Waals surface area contributed by atoms with Crippen molar-refractivity contribution in [2.45, 2.75) is 51.9 Å². The summed E-state index contributed by atoms with van der Waals surface area (Å²) in [5.41, 5.74) is 7.26. The Morgan fingerprint density at radius 1 is 1.13 bits per heavy atom. The summed E-state index contributed by atoms with van der Waals surface area (Å²) < 4.78 is 0. The van der Waals surface area contributed by atoms with Crippen molar-refractivity contribution in [3.8, 4) is 0 Å². The monoisotopic (exact) mass is 459 g/mol. The van der Waals surface area contributed by atoms with Gasteiger partial charge in [0, 0.05) is 22.4 Å². The number of aryl methyl sites for hydroxylation is 1. The number of hydrogen-bond acceptors (Lipinski definition) is 5. The molecule has 1 heterocycles. The number of rotatable bonds is 5. The molecule has 8 heteroatoms. The van der Waals surface area contributed by atoms with Crippen LogP contribution in [0.4, 0.5) is 5.69 Å². The van der Waals surface area contributed by atoms with Crippen LogP contribution in [0.25, 0.3) is 0 Å². The Hall–Kier alpha value is -2.32. The van der Waals surface area contributed by atoms with E-state index in [0.717, 1.165) is 24.2 Å². The number of nitrogens with one attached hydrogen (secondary N) is 3. The number of fused-ring (bicyclic) bond motifs is 1. The van der Waals surface area contributed by atoms with E-state index in [9.17, 15) is 14.4 Å². The van der Waals surface area contributed by atoms with E-state index in [0.29, 0.717) is 16.5 Å². The van der Waals surface area contributed by atoms with Crippen LogP contribution in [-0.2, 0) is 22.4 Å². The van der Waals surface area contributed by atoms with Gasteiger partial charge in [-0.3, -0.25) is 25.2 Å². The topological polar surface area (TPSA) is 87.3 Å². The number of hydrogen-bond donors (Lipinski definition) is 3. The van der Waals surface area contributed by atoms with E-state index in [1.54, 1.807) is 12.1 Å². The predicted octanol–water partition coefficient (Wildman–Crippen LogP) is 4.41. The highest BCUT2D eigenvalue weighted by Gasteiger charge is 2.30. The van der Waals surface area contributed by atoms with Gasteiger partial charge in [-0.15, -0.1) is 23.1 Å². The number of benzene rings is 1. The van der Waals surface area contributed by atoms with Gasteiger partial charge in [0.05, 0.1) is 10.6 Å². The van der Waals surface area contributed by atoms with Crippen LogP contribution in [0.3, 0.4) is 0 Å². The molecule has 0 radical (unpaired) electrons. The first-order chi connectivity index (χ1) is 14.6. The molecule has 1 aliphatic rings. The maximum Gasteiger partial charge on any atom is 0.279 e. The third kappa shape index (κ3) is 6.58. The Morgan fingerprint density at radius 3 is 2.48 bits per heavy atom. The second-order valence-electron chi connectivity index (χ2n) is 8.86. The third-order valence-electron chi connectivity index (χ3n) is 5.39. The molecule has 0 saturated carbocycles. The van der Waals surface area contributed by atoms with Crippen LogP contribution in [0.5, 0.6) is 0 Å². The molecule has 2 aromatic rings. The van der Waals surface area contributed by atoms with Crippen molar-refractivity contribution in [3.63, 3.8) is 0 Å². The molecule has 1 unspecified atom stereocenters. The van der Waals surface area contributed by atoms with E-state index in [-0.39, 0.29) is 28.9 Å². The van der Waals surface area contributed by atoms with Crippen molar-refractivity contribution >= 4 is 46.5 Å². The average Bonchev–Trinajstić information content (AvgIpc) is 3.14. The van der Waals surface area contributed by atoms with Crippen LogP contribution in [0, 0.1) is 11.3 Å².